The number of hydrogen-bond acceptors (Lipinski definition) is 6. The van der Waals surface area contributed by atoms with Crippen molar-refractivity contribution < 1.29 is 14.3 Å². The summed E-state index contributed by atoms with van der Waals surface area (Å²) in [4.78, 5) is 22.9. The van der Waals surface area contributed by atoms with E-state index < -0.39 is 17.3 Å². The number of aromatic nitrogens is 1. The highest BCUT2D eigenvalue weighted by atomic mass is 19.1. The maximum Gasteiger partial charge on any atom is 0.266 e. The minimum atomic E-state index is -1.53. The number of amides is 1. The molecule has 0 bridgehead atoms. The number of halogens is 1. The van der Waals surface area contributed by atoms with Crippen LogP contribution in [0.4, 0.5) is 4.39 Å². The number of nitrogens with zero attached hydrogens (tertiary/aromatic N) is 4. The second-order valence-electron chi connectivity index (χ2n) is 6.86. The van der Waals surface area contributed by atoms with Gasteiger partial charge in [-0.1, -0.05) is 18.2 Å². The molecule has 0 saturated heterocycles. The maximum atomic E-state index is 14.7. The van der Waals surface area contributed by atoms with Gasteiger partial charge in [0, 0.05) is 30.6 Å². The lowest BCUT2D eigenvalue weighted by atomic mass is 9.81. The summed E-state index contributed by atoms with van der Waals surface area (Å²) in [5, 5.41) is 18.8. The molecule has 1 aliphatic heterocycles. The monoisotopic (exact) mass is 401 g/mol. The van der Waals surface area contributed by atoms with Crippen LogP contribution in [0.1, 0.15) is 16.7 Å². The first-order valence-corrected chi connectivity index (χ1v) is 8.95. The Hall–Kier alpha value is -4.25. The lowest BCUT2D eigenvalue weighted by Gasteiger charge is -2.26. The van der Waals surface area contributed by atoms with E-state index in [9.17, 15) is 14.3 Å². The van der Waals surface area contributed by atoms with Crippen LogP contribution in [0, 0.1) is 17.1 Å². The highest BCUT2D eigenvalue weighted by Crippen LogP contribution is 2.41. The molecule has 1 aliphatic rings. The number of nitrogens with two attached hydrogens (primary N) is 1. The van der Waals surface area contributed by atoms with Crippen molar-refractivity contribution in [1.82, 2.24) is 9.88 Å². The Morgan fingerprint density at radius 2 is 1.83 bits per heavy atom. The molecule has 8 heteroatoms. The van der Waals surface area contributed by atoms with Gasteiger partial charge in [-0.3, -0.25) is 14.7 Å². The van der Waals surface area contributed by atoms with Gasteiger partial charge < -0.3 is 10.8 Å². The van der Waals surface area contributed by atoms with E-state index in [2.05, 4.69) is 9.98 Å². The van der Waals surface area contributed by atoms with Crippen molar-refractivity contribution >= 4 is 11.9 Å². The molecule has 3 N–H and O–H groups in total. The van der Waals surface area contributed by atoms with Gasteiger partial charge in [-0.2, -0.15) is 5.26 Å². The van der Waals surface area contributed by atoms with Crippen LogP contribution in [0.3, 0.4) is 0 Å². The fraction of sp³-hybridized carbons (Fsp3) is 0.0909. The molecule has 1 aromatic heterocycles. The fourth-order valence-electron chi connectivity index (χ4n) is 3.51. The number of benzene rings is 2. The third-order valence-electron chi connectivity index (χ3n) is 5.09. The van der Waals surface area contributed by atoms with E-state index in [1.165, 1.54) is 60.7 Å². The summed E-state index contributed by atoms with van der Waals surface area (Å²) in [7, 11) is 1.51. The quantitative estimate of drug-likeness (QED) is 0.700. The van der Waals surface area contributed by atoms with Gasteiger partial charge in [0.25, 0.3) is 5.91 Å². The topological polar surface area (TPSA) is 116 Å². The Morgan fingerprint density at radius 1 is 1.13 bits per heavy atom. The first kappa shape index (κ1) is 19.1. The molecule has 4 rings (SSSR count). The van der Waals surface area contributed by atoms with Crippen LogP contribution >= 0.6 is 0 Å². The van der Waals surface area contributed by atoms with E-state index in [1.54, 1.807) is 12.1 Å². The molecule has 2 aromatic carbocycles. The second kappa shape index (κ2) is 6.97. The summed E-state index contributed by atoms with van der Waals surface area (Å²) in [6.07, 6.45) is 2.82. The number of nitriles is 1. The molecule has 0 spiro atoms. The number of carbonyl (C=O) groups is 1. The first-order valence-electron chi connectivity index (χ1n) is 8.95. The summed E-state index contributed by atoms with van der Waals surface area (Å²) in [5.74, 6) is -0.893. The number of carbonyl (C=O) groups excluding carboxylic acids is 1. The van der Waals surface area contributed by atoms with Crippen LogP contribution in [0.15, 0.2) is 65.9 Å². The van der Waals surface area contributed by atoms with Gasteiger partial charge >= 0.3 is 0 Å². The first-order chi connectivity index (χ1) is 14.4. The van der Waals surface area contributed by atoms with E-state index in [1.807, 2.05) is 6.07 Å². The van der Waals surface area contributed by atoms with Crippen molar-refractivity contribution in [3.8, 4) is 22.9 Å². The van der Waals surface area contributed by atoms with Crippen molar-refractivity contribution in [2.45, 2.75) is 5.54 Å². The zero-order valence-corrected chi connectivity index (χ0v) is 15.9. The fourth-order valence-corrected chi connectivity index (χ4v) is 3.51. The summed E-state index contributed by atoms with van der Waals surface area (Å²) >= 11 is 0. The Balaban J connectivity index is 1.96. The van der Waals surface area contributed by atoms with Gasteiger partial charge in [-0.05, 0) is 41.5 Å². The van der Waals surface area contributed by atoms with Gasteiger partial charge in [0.1, 0.15) is 17.6 Å². The number of phenols is 1. The van der Waals surface area contributed by atoms with Crippen molar-refractivity contribution in [2.75, 3.05) is 7.05 Å². The van der Waals surface area contributed by atoms with Crippen LogP contribution in [0.2, 0.25) is 0 Å². The molecule has 1 unspecified atom stereocenters. The smallest absolute Gasteiger partial charge is 0.266 e. The molecule has 7 nitrogen and oxygen atoms in total. The van der Waals surface area contributed by atoms with Crippen LogP contribution < -0.4 is 5.73 Å². The minimum absolute atomic E-state index is 0.0205. The predicted molar refractivity (Wildman–Crippen MR) is 108 cm³/mol. The molecule has 0 radical (unpaired) electrons. The van der Waals surface area contributed by atoms with E-state index in [0.29, 0.717) is 16.7 Å². The number of aliphatic imine (C=N–C) groups is 1. The molecule has 30 heavy (non-hydrogen) atoms. The predicted octanol–water partition coefficient (Wildman–Crippen LogP) is 2.50. The van der Waals surface area contributed by atoms with Crippen molar-refractivity contribution in [2.24, 2.45) is 10.7 Å². The van der Waals surface area contributed by atoms with E-state index in [-0.39, 0.29) is 22.8 Å². The van der Waals surface area contributed by atoms with E-state index >= 15 is 0 Å². The molecule has 0 aliphatic carbocycles. The van der Waals surface area contributed by atoms with Crippen LogP contribution in [0.5, 0.6) is 5.75 Å². The molecule has 1 atom stereocenters. The highest BCUT2D eigenvalue weighted by molar-refractivity contribution is 6.09. The Morgan fingerprint density at radius 3 is 2.47 bits per heavy atom. The van der Waals surface area contributed by atoms with Gasteiger partial charge in [0.2, 0.25) is 0 Å². The molecule has 2 heterocycles. The summed E-state index contributed by atoms with van der Waals surface area (Å²) in [5.41, 5.74) is 6.13. The minimum Gasteiger partial charge on any atom is -0.508 e. The summed E-state index contributed by atoms with van der Waals surface area (Å²) < 4.78 is 14.7. The van der Waals surface area contributed by atoms with Crippen LogP contribution in [-0.4, -0.2) is 33.9 Å². The number of phenolic OH excluding ortho intramolecular Hbond substituents is 1. The molecule has 0 saturated carbocycles. The standard InChI is InChI=1S/C22H16FN5O2/c1-28-20(30)22(27-21(28)25,15-2-5-17(29)6-3-15)16-4-7-19(23)18(9-16)14-8-13(10-24)11-26-12-14/h2-9,11-12,29H,1H3,(H2,25,27). The molecule has 1 amide bonds. The second-order valence-corrected chi connectivity index (χ2v) is 6.86. The van der Waals surface area contributed by atoms with Crippen molar-refractivity contribution in [1.29, 1.82) is 5.26 Å². The lowest BCUT2D eigenvalue weighted by Crippen LogP contribution is -2.41. The van der Waals surface area contributed by atoms with Gasteiger partial charge in [-0.15, -0.1) is 0 Å². The number of aromatic hydroxyl groups is 1. The van der Waals surface area contributed by atoms with Gasteiger partial charge in [0.15, 0.2) is 11.5 Å². The Bertz CT molecular complexity index is 1230. The zero-order chi connectivity index (χ0) is 21.5. The van der Waals surface area contributed by atoms with Crippen molar-refractivity contribution in [3.63, 3.8) is 0 Å². The summed E-state index contributed by atoms with van der Waals surface area (Å²) in [6, 6.07) is 13.7. The average Bonchev–Trinajstić information content (AvgIpc) is 2.99. The van der Waals surface area contributed by atoms with Gasteiger partial charge in [-0.25, -0.2) is 9.38 Å². The van der Waals surface area contributed by atoms with Crippen LogP contribution in [-0.2, 0) is 10.3 Å². The molecule has 0 fully saturated rings. The number of likely N-dealkylation sites (N-methyl/N-ethyl adjacent to an activating group) is 1. The zero-order valence-electron chi connectivity index (χ0n) is 15.9. The van der Waals surface area contributed by atoms with Crippen LogP contribution in [0.25, 0.3) is 11.1 Å². The van der Waals surface area contributed by atoms with E-state index in [4.69, 9.17) is 11.0 Å². The number of hydrogen-bond donors (Lipinski definition) is 2. The third-order valence-corrected chi connectivity index (χ3v) is 5.09. The molecular weight excluding hydrogens is 385 g/mol. The molecule has 3 aromatic rings. The van der Waals surface area contributed by atoms with Crippen molar-refractivity contribution in [3.05, 3.63) is 83.4 Å². The summed E-state index contributed by atoms with van der Waals surface area (Å²) in [6.45, 7) is 0. The SMILES string of the molecule is CN1C(=O)C(c2ccc(O)cc2)(c2ccc(F)c(-c3cncc(C#N)c3)c2)N=C1N. The Kier molecular flexibility index (Phi) is 4.43. The molecule has 148 valence electrons. The highest BCUT2D eigenvalue weighted by Gasteiger charge is 2.49. The number of rotatable bonds is 3. The van der Waals surface area contributed by atoms with E-state index in [0.717, 1.165) is 0 Å². The molecular formula is C22H16FN5O2. The number of guanidine groups is 1. The number of pyridine rings is 1. The Labute approximate surface area is 171 Å². The third kappa shape index (κ3) is 2.84. The average molecular weight is 401 g/mol. The van der Waals surface area contributed by atoms with Gasteiger partial charge in [0.05, 0.1) is 5.56 Å². The normalized spacial score (nSPS) is 18.2. The largest absolute Gasteiger partial charge is 0.508 e. The lowest BCUT2D eigenvalue weighted by molar-refractivity contribution is -0.129. The maximum absolute atomic E-state index is 14.7.